The highest BCUT2D eigenvalue weighted by Gasteiger charge is 2.09. The van der Waals surface area contributed by atoms with Crippen LogP contribution in [0.4, 0.5) is 5.82 Å². The number of fused-ring (bicyclic) bond motifs is 3. The van der Waals surface area contributed by atoms with Crippen LogP contribution in [0.25, 0.3) is 21.8 Å². The number of pyridine rings is 2. The van der Waals surface area contributed by atoms with Crippen molar-refractivity contribution in [1.29, 1.82) is 0 Å². The molecule has 0 aliphatic rings. The molecule has 26 heavy (non-hydrogen) atoms. The van der Waals surface area contributed by atoms with Crippen molar-refractivity contribution in [3.05, 3.63) is 70.9 Å². The molecule has 2 aromatic heterocycles. The largest absolute Gasteiger partial charge is 0.382 e. The van der Waals surface area contributed by atoms with Gasteiger partial charge in [-0.25, -0.2) is 4.98 Å². The Morgan fingerprint density at radius 2 is 1.81 bits per heavy atom. The summed E-state index contributed by atoms with van der Waals surface area (Å²) in [7, 11) is 0. The lowest BCUT2D eigenvalue weighted by Crippen LogP contribution is -1.99. The summed E-state index contributed by atoms with van der Waals surface area (Å²) in [5, 5.41) is 13.5. The quantitative estimate of drug-likeness (QED) is 0.538. The van der Waals surface area contributed by atoms with Crippen LogP contribution in [-0.2, 0) is 17.9 Å². The molecule has 4 rings (SSSR count). The molecule has 0 amide bonds. The summed E-state index contributed by atoms with van der Waals surface area (Å²) in [6.45, 7) is 4.03. The van der Waals surface area contributed by atoms with Crippen LogP contribution in [0.1, 0.15) is 22.3 Å². The highest BCUT2D eigenvalue weighted by atomic mass is 16.3. The predicted octanol–water partition coefficient (Wildman–Crippen LogP) is 4.91. The van der Waals surface area contributed by atoms with Crippen LogP contribution in [0.15, 0.2) is 48.7 Å². The standard InChI is InChI=1S/C22H20N3O/c1-13-3-8-18-19-11-15(4-5-16-6-7-17(26)10-14(16)2)12-24-21(19)22(23)25-20(18)9-13/h3,6-12H,4-5H2,1-2H3,(H2,23,25). The molecule has 0 bridgehead atoms. The molecule has 0 fully saturated rings. The second-order valence-corrected chi connectivity index (χ2v) is 6.85. The van der Waals surface area contributed by atoms with Crippen molar-refractivity contribution in [1.82, 2.24) is 9.97 Å². The molecule has 0 atom stereocenters. The Morgan fingerprint density at radius 3 is 2.62 bits per heavy atom. The summed E-state index contributed by atoms with van der Waals surface area (Å²) in [5.74, 6) is 0.523. The number of nitrogen functional groups attached to an aromatic ring is 1. The van der Waals surface area contributed by atoms with Crippen molar-refractivity contribution in [3.63, 3.8) is 0 Å². The lowest BCUT2D eigenvalue weighted by molar-refractivity contribution is 0.354. The average molecular weight is 342 g/mol. The van der Waals surface area contributed by atoms with E-state index < -0.39 is 0 Å². The van der Waals surface area contributed by atoms with Crippen LogP contribution in [-0.4, -0.2) is 9.97 Å². The van der Waals surface area contributed by atoms with Gasteiger partial charge in [0, 0.05) is 17.0 Å². The normalized spacial score (nSPS) is 11.3. The number of nitrogens with two attached hydrogens (primary N) is 1. The van der Waals surface area contributed by atoms with E-state index in [2.05, 4.69) is 28.2 Å². The summed E-state index contributed by atoms with van der Waals surface area (Å²) in [4.78, 5) is 9.06. The van der Waals surface area contributed by atoms with Crippen molar-refractivity contribution in [2.24, 2.45) is 0 Å². The molecule has 129 valence electrons. The van der Waals surface area contributed by atoms with Gasteiger partial charge in [-0.3, -0.25) is 10.1 Å². The Kier molecular flexibility index (Phi) is 3.96. The molecule has 0 aliphatic carbocycles. The molecule has 4 heteroatoms. The van der Waals surface area contributed by atoms with Gasteiger partial charge in [0.25, 0.3) is 0 Å². The van der Waals surface area contributed by atoms with Gasteiger partial charge in [0.15, 0.2) is 11.6 Å². The molecule has 2 N–H and O–H groups in total. The third-order valence-corrected chi connectivity index (χ3v) is 4.87. The van der Waals surface area contributed by atoms with E-state index in [0.717, 1.165) is 51.3 Å². The number of hydrogen-bond acceptors (Lipinski definition) is 3. The number of rotatable bonds is 3. The van der Waals surface area contributed by atoms with Gasteiger partial charge >= 0.3 is 0 Å². The molecule has 0 unspecified atom stereocenters. The predicted molar refractivity (Wildman–Crippen MR) is 105 cm³/mol. The lowest BCUT2D eigenvalue weighted by Gasteiger charge is -2.10. The zero-order valence-corrected chi connectivity index (χ0v) is 14.9. The lowest BCUT2D eigenvalue weighted by atomic mass is 9.99. The minimum absolute atomic E-state index is 0.0587. The third-order valence-electron chi connectivity index (χ3n) is 4.87. The van der Waals surface area contributed by atoms with Gasteiger partial charge in [0.1, 0.15) is 5.52 Å². The molecule has 2 aromatic carbocycles. The summed E-state index contributed by atoms with van der Waals surface area (Å²) in [6.07, 6.45) is 3.60. The fourth-order valence-electron chi connectivity index (χ4n) is 3.43. The highest BCUT2D eigenvalue weighted by Crippen LogP contribution is 2.28. The van der Waals surface area contributed by atoms with E-state index in [1.807, 2.05) is 32.2 Å². The molecule has 4 nitrogen and oxygen atoms in total. The van der Waals surface area contributed by atoms with E-state index in [1.54, 1.807) is 12.1 Å². The molecular weight excluding hydrogens is 322 g/mol. The van der Waals surface area contributed by atoms with Crippen LogP contribution in [0.2, 0.25) is 0 Å². The molecule has 4 aromatic rings. The second kappa shape index (κ2) is 6.30. The van der Waals surface area contributed by atoms with E-state index in [-0.39, 0.29) is 5.75 Å². The average Bonchev–Trinajstić information content (AvgIpc) is 2.60. The van der Waals surface area contributed by atoms with Gasteiger partial charge in [0.2, 0.25) is 0 Å². The number of benzene rings is 2. The zero-order valence-electron chi connectivity index (χ0n) is 14.9. The van der Waals surface area contributed by atoms with Crippen molar-refractivity contribution in [3.8, 4) is 5.75 Å². The zero-order chi connectivity index (χ0) is 18.3. The van der Waals surface area contributed by atoms with E-state index in [4.69, 9.17) is 5.73 Å². The second-order valence-electron chi connectivity index (χ2n) is 6.85. The van der Waals surface area contributed by atoms with E-state index in [1.165, 1.54) is 5.56 Å². The number of nitrogens with zero attached hydrogens (tertiary/aromatic N) is 2. The number of hydrogen-bond donors (Lipinski definition) is 1. The summed E-state index contributed by atoms with van der Waals surface area (Å²) in [5.41, 5.74) is 12.3. The first-order valence-electron chi connectivity index (χ1n) is 8.72. The number of aromatic nitrogens is 2. The topological polar surface area (TPSA) is 71.7 Å². The van der Waals surface area contributed by atoms with E-state index in [9.17, 15) is 5.11 Å². The van der Waals surface area contributed by atoms with Gasteiger partial charge in [-0.1, -0.05) is 18.2 Å². The minimum Gasteiger partial charge on any atom is -0.382 e. The Labute approximate surface area is 152 Å². The molecule has 1 radical (unpaired) electrons. The Bertz CT molecular complexity index is 1140. The summed E-state index contributed by atoms with van der Waals surface area (Å²) >= 11 is 0. The molecule has 0 spiro atoms. The first-order valence-corrected chi connectivity index (χ1v) is 8.72. The first kappa shape index (κ1) is 16.3. The maximum absolute atomic E-state index is 11.4. The van der Waals surface area contributed by atoms with Crippen LogP contribution in [0.3, 0.4) is 0 Å². The fourth-order valence-corrected chi connectivity index (χ4v) is 3.43. The van der Waals surface area contributed by atoms with Crippen molar-refractivity contribution in [2.45, 2.75) is 26.7 Å². The van der Waals surface area contributed by atoms with Crippen molar-refractivity contribution >= 4 is 27.6 Å². The number of aryl methyl sites for hydroxylation is 4. The van der Waals surface area contributed by atoms with Crippen LogP contribution < -0.4 is 5.73 Å². The Hall–Kier alpha value is -3.14. The van der Waals surface area contributed by atoms with Crippen LogP contribution in [0.5, 0.6) is 5.75 Å². The molecule has 0 saturated carbocycles. The Balaban J connectivity index is 1.73. The molecular formula is C22H20N3O. The van der Waals surface area contributed by atoms with Gasteiger partial charge in [-0.15, -0.1) is 0 Å². The molecule has 0 aliphatic heterocycles. The van der Waals surface area contributed by atoms with Gasteiger partial charge in [0.05, 0.1) is 5.52 Å². The Morgan fingerprint density at radius 1 is 0.962 bits per heavy atom. The van der Waals surface area contributed by atoms with Crippen molar-refractivity contribution in [2.75, 3.05) is 5.73 Å². The van der Waals surface area contributed by atoms with E-state index in [0.29, 0.717) is 5.82 Å². The van der Waals surface area contributed by atoms with Crippen LogP contribution in [0, 0.1) is 13.8 Å². The minimum atomic E-state index is 0.0587. The molecule has 0 saturated heterocycles. The van der Waals surface area contributed by atoms with Gasteiger partial charge < -0.3 is 5.73 Å². The third kappa shape index (κ3) is 2.94. The fraction of sp³-hybridized carbons (Fsp3) is 0.182. The maximum atomic E-state index is 11.4. The summed E-state index contributed by atoms with van der Waals surface area (Å²) in [6, 6.07) is 13.6. The SMILES string of the molecule is Cc1ccc2c(c1)nc(N)c1ncc(CCc3ccc([O])cc3C)cc12. The number of anilines is 1. The monoisotopic (exact) mass is 342 g/mol. The van der Waals surface area contributed by atoms with Crippen molar-refractivity contribution < 1.29 is 5.11 Å². The maximum Gasteiger partial charge on any atom is 0.178 e. The summed E-state index contributed by atoms with van der Waals surface area (Å²) < 4.78 is 0. The smallest absolute Gasteiger partial charge is 0.178 e. The van der Waals surface area contributed by atoms with Gasteiger partial charge in [-0.2, -0.15) is 0 Å². The van der Waals surface area contributed by atoms with Gasteiger partial charge in [-0.05, 0) is 73.2 Å². The van der Waals surface area contributed by atoms with E-state index >= 15 is 0 Å². The first-order chi connectivity index (χ1) is 12.5. The van der Waals surface area contributed by atoms with Crippen LogP contribution >= 0.6 is 0 Å². The highest BCUT2D eigenvalue weighted by molar-refractivity contribution is 6.08. The molecule has 2 heterocycles.